The van der Waals surface area contributed by atoms with Crippen molar-refractivity contribution in [2.24, 2.45) is 5.92 Å². The van der Waals surface area contributed by atoms with Crippen LogP contribution < -0.4 is 5.32 Å². The van der Waals surface area contributed by atoms with E-state index in [-0.39, 0.29) is 29.9 Å². The SMILES string of the molecule is C[C@@H](NC(=O)COC(=O)c1cc2ccccc2cc1O)C1CC1. The average Bonchev–Trinajstić information content (AvgIpc) is 3.36. The van der Waals surface area contributed by atoms with Crippen molar-refractivity contribution < 1.29 is 19.4 Å². The lowest BCUT2D eigenvalue weighted by atomic mass is 10.1. The second-order valence-corrected chi connectivity index (χ2v) is 5.99. The van der Waals surface area contributed by atoms with Crippen molar-refractivity contribution in [3.8, 4) is 5.75 Å². The number of hydrogen-bond donors (Lipinski definition) is 2. The zero-order chi connectivity index (χ0) is 16.4. The Morgan fingerprint density at radius 1 is 1.26 bits per heavy atom. The standard InChI is InChI=1S/C18H19NO4/c1-11(12-6-7-12)19-17(21)10-23-18(22)15-8-13-4-2-3-5-14(13)9-16(15)20/h2-5,8-9,11-12,20H,6-7,10H2,1H3,(H,19,21)/t11-/m1/s1. The van der Waals surface area contributed by atoms with Crippen molar-refractivity contribution in [1.29, 1.82) is 0 Å². The molecule has 3 rings (SSSR count). The van der Waals surface area contributed by atoms with E-state index in [4.69, 9.17) is 4.74 Å². The predicted octanol–water partition coefficient (Wildman–Crippen LogP) is 2.62. The first-order valence-corrected chi connectivity index (χ1v) is 7.73. The number of carbonyl (C=O) groups is 2. The summed E-state index contributed by atoms with van der Waals surface area (Å²) in [7, 11) is 0. The summed E-state index contributed by atoms with van der Waals surface area (Å²) in [6.45, 7) is 1.61. The Bertz CT molecular complexity index is 752. The number of amides is 1. The lowest BCUT2D eigenvalue weighted by Gasteiger charge is -2.13. The maximum absolute atomic E-state index is 12.1. The number of rotatable bonds is 5. The van der Waals surface area contributed by atoms with Crippen LogP contribution in [0.3, 0.4) is 0 Å². The van der Waals surface area contributed by atoms with Gasteiger partial charge in [-0.25, -0.2) is 4.79 Å². The normalized spacial score (nSPS) is 15.2. The van der Waals surface area contributed by atoms with Crippen LogP contribution in [0.1, 0.15) is 30.1 Å². The van der Waals surface area contributed by atoms with Gasteiger partial charge in [0.25, 0.3) is 5.91 Å². The van der Waals surface area contributed by atoms with Gasteiger partial charge in [0.2, 0.25) is 0 Å². The summed E-state index contributed by atoms with van der Waals surface area (Å²) in [6, 6.07) is 10.6. The van der Waals surface area contributed by atoms with Gasteiger partial charge >= 0.3 is 5.97 Å². The molecule has 1 aliphatic carbocycles. The number of ether oxygens (including phenoxy) is 1. The van der Waals surface area contributed by atoms with Crippen LogP contribution in [0.4, 0.5) is 0 Å². The quantitative estimate of drug-likeness (QED) is 0.832. The summed E-state index contributed by atoms with van der Waals surface area (Å²) in [5.41, 5.74) is 0.0618. The van der Waals surface area contributed by atoms with E-state index in [1.165, 1.54) is 6.07 Å². The smallest absolute Gasteiger partial charge is 0.342 e. The Kier molecular flexibility index (Phi) is 4.19. The average molecular weight is 313 g/mol. The minimum absolute atomic E-state index is 0.0618. The van der Waals surface area contributed by atoms with E-state index < -0.39 is 5.97 Å². The summed E-state index contributed by atoms with van der Waals surface area (Å²) in [5, 5.41) is 14.4. The minimum Gasteiger partial charge on any atom is -0.507 e. The van der Waals surface area contributed by atoms with E-state index in [0.29, 0.717) is 5.92 Å². The monoisotopic (exact) mass is 313 g/mol. The zero-order valence-electron chi connectivity index (χ0n) is 12.9. The summed E-state index contributed by atoms with van der Waals surface area (Å²) in [5.74, 6) is -0.639. The van der Waals surface area contributed by atoms with Gasteiger partial charge in [-0.05, 0) is 48.6 Å². The van der Waals surface area contributed by atoms with Gasteiger partial charge in [-0.15, -0.1) is 0 Å². The molecule has 0 aromatic heterocycles. The van der Waals surface area contributed by atoms with Crippen LogP contribution in [0.5, 0.6) is 5.75 Å². The molecule has 120 valence electrons. The van der Waals surface area contributed by atoms with Gasteiger partial charge in [-0.1, -0.05) is 24.3 Å². The lowest BCUT2D eigenvalue weighted by molar-refractivity contribution is -0.125. The lowest BCUT2D eigenvalue weighted by Crippen LogP contribution is -2.37. The minimum atomic E-state index is -0.706. The van der Waals surface area contributed by atoms with Crippen molar-refractivity contribution >= 4 is 22.6 Å². The molecule has 1 fully saturated rings. The van der Waals surface area contributed by atoms with Crippen LogP contribution >= 0.6 is 0 Å². The van der Waals surface area contributed by atoms with E-state index in [9.17, 15) is 14.7 Å². The third-order valence-electron chi connectivity index (χ3n) is 4.14. The Morgan fingerprint density at radius 2 is 1.91 bits per heavy atom. The summed E-state index contributed by atoms with van der Waals surface area (Å²) in [4.78, 5) is 23.9. The number of phenolic OH excluding ortho intramolecular Hbond substituents is 1. The zero-order valence-corrected chi connectivity index (χ0v) is 12.9. The Hall–Kier alpha value is -2.56. The highest BCUT2D eigenvalue weighted by atomic mass is 16.5. The molecule has 2 N–H and O–H groups in total. The Labute approximate surface area is 134 Å². The molecule has 1 amide bonds. The summed E-state index contributed by atoms with van der Waals surface area (Å²) < 4.78 is 5.01. The fourth-order valence-corrected chi connectivity index (χ4v) is 2.61. The molecule has 1 aliphatic rings. The van der Waals surface area contributed by atoms with Crippen molar-refractivity contribution in [3.05, 3.63) is 42.0 Å². The van der Waals surface area contributed by atoms with Gasteiger partial charge in [0.05, 0.1) is 0 Å². The number of aromatic hydroxyl groups is 1. The molecular weight excluding hydrogens is 294 g/mol. The number of phenols is 1. The van der Waals surface area contributed by atoms with Crippen LogP contribution in [0, 0.1) is 5.92 Å². The first-order valence-electron chi connectivity index (χ1n) is 7.73. The molecule has 2 aromatic rings. The van der Waals surface area contributed by atoms with Crippen molar-refractivity contribution in [2.45, 2.75) is 25.8 Å². The van der Waals surface area contributed by atoms with Crippen LogP contribution in [-0.4, -0.2) is 29.6 Å². The summed E-state index contributed by atoms with van der Waals surface area (Å²) in [6.07, 6.45) is 2.26. The molecule has 5 heteroatoms. The third kappa shape index (κ3) is 3.62. The molecule has 0 saturated heterocycles. The fraction of sp³-hybridized carbons (Fsp3) is 0.333. The summed E-state index contributed by atoms with van der Waals surface area (Å²) >= 11 is 0. The first-order chi connectivity index (χ1) is 11.0. The maximum atomic E-state index is 12.1. The van der Waals surface area contributed by atoms with Gasteiger partial charge < -0.3 is 15.2 Å². The fourth-order valence-electron chi connectivity index (χ4n) is 2.61. The molecule has 0 heterocycles. The van der Waals surface area contributed by atoms with Crippen LogP contribution in [0.15, 0.2) is 36.4 Å². The Balaban J connectivity index is 1.63. The maximum Gasteiger partial charge on any atom is 0.342 e. The highest BCUT2D eigenvalue weighted by Gasteiger charge is 2.29. The number of nitrogens with one attached hydrogen (secondary N) is 1. The molecule has 0 spiro atoms. The second-order valence-electron chi connectivity index (χ2n) is 5.99. The van der Waals surface area contributed by atoms with E-state index >= 15 is 0 Å². The van der Waals surface area contributed by atoms with E-state index in [1.54, 1.807) is 6.07 Å². The van der Waals surface area contributed by atoms with Crippen molar-refractivity contribution in [3.63, 3.8) is 0 Å². The second kappa shape index (κ2) is 6.28. The number of fused-ring (bicyclic) bond motifs is 1. The highest BCUT2D eigenvalue weighted by molar-refractivity contribution is 5.99. The number of benzene rings is 2. The van der Waals surface area contributed by atoms with Gasteiger partial charge in [0.1, 0.15) is 11.3 Å². The largest absolute Gasteiger partial charge is 0.507 e. The van der Waals surface area contributed by atoms with Gasteiger partial charge in [0.15, 0.2) is 6.61 Å². The molecule has 0 unspecified atom stereocenters. The first kappa shape index (κ1) is 15.3. The van der Waals surface area contributed by atoms with E-state index in [0.717, 1.165) is 23.6 Å². The van der Waals surface area contributed by atoms with Crippen LogP contribution in [-0.2, 0) is 9.53 Å². The van der Waals surface area contributed by atoms with Gasteiger partial charge in [0, 0.05) is 6.04 Å². The Morgan fingerprint density at radius 3 is 2.57 bits per heavy atom. The number of esters is 1. The van der Waals surface area contributed by atoms with Crippen molar-refractivity contribution in [2.75, 3.05) is 6.61 Å². The molecule has 23 heavy (non-hydrogen) atoms. The molecular formula is C18H19NO4. The molecule has 1 saturated carbocycles. The molecule has 0 aliphatic heterocycles. The van der Waals surface area contributed by atoms with Gasteiger partial charge in [-0.2, -0.15) is 0 Å². The number of carbonyl (C=O) groups excluding carboxylic acids is 2. The molecule has 0 radical (unpaired) electrons. The third-order valence-corrected chi connectivity index (χ3v) is 4.14. The van der Waals surface area contributed by atoms with E-state index in [1.807, 2.05) is 31.2 Å². The van der Waals surface area contributed by atoms with Crippen LogP contribution in [0.25, 0.3) is 10.8 Å². The number of hydrogen-bond acceptors (Lipinski definition) is 4. The van der Waals surface area contributed by atoms with Crippen LogP contribution in [0.2, 0.25) is 0 Å². The van der Waals surface area contributed by atoms with E-state index in [2.05, 4.69) is 5.32 Å². The molecule has 5 nitrogen and oxygen atoms in total. The predicted molar refractivity (Wildman–Crippen MR) is 86.2 cm³/mol. The van der Waals surface area contributed by atoms with Gasteiger partial charge in [-0.3, -0.25) is 4.79 Å². The van der Waals surface area contributed by atoms with Crippen molar-refractivity contribution in [1.82, 2.24) is 5.32 Å². The topological polar surface area (TPSA) is 75.6 Å². The molecule has 1 atom stereocenters. The molecule has 0 bridgehead atoms. The molecule has 2 aromatic carbocycles. The highest BCUT2D eigenvalue weighted by Crippen LogP contribution is 2.32.